The summed E-state index contributed by atoms with van der Waals surface area (Å²) in [4.78, 5) is 12.5. The fraction of sp³-hybridized carbons (Fsp3) is 0.588. The Morgan fingerprint density at radius 2 is 2.24 bits per heavy atom. The van der Waals surface area contributed by atoms with E-state index in [9.17, 15) is 15.2 Å². The molecule has 3 heterocycles. The lowest BCUT2D eigenvalue weighted by molar-refractivity contribution is -0.385. The number of hydrogen-bond acceptors (Lipinski definition) is 6. The molecule has 8 heteroatoms. The van der Waals surface area contributed by atoms with Crippen molar-refractivity contribution in [2.75, 3.05) is 13.1 Å². The van der Waals surface area contributed by atoms with Crippen LogP contribution in [0, 0.1) is 17.0 Å². The molecule has 1 saturated heterocycles. The number of likely N-dealkylation sites (tertiary alicyclic amines) is 1. The predicted molar refractivity (Wildman–Crippen MR) is 91.1 cm³/mol. The van der Waals surface area contributed by atoms with Gasteiger partial charge in [0.2, 0.25) is 0 Å². The van der Waals surface area contributed by atoms with Crippen molar-refractivity contribution in [2.24, 2.45) is 0 Å². The third-order valence-corrected chi connectivity index (χ3v) is 4.63. The summed E-state index contributed by atoms with van der Waals surface area (Å²) in [5.74, 6) is 1.84. The highest BCUT2D eigenvalue weighted by atomic mass is 16.6. The van der Waals surface area contributed by atoms with Gasteiger partial charge in [0.25, 0.3) is 0 Å². The lowest BCUT2D eigenvalue weighted by Gasteiger charge is -2.30. The largest absolute Gasteiger partial charge is 0.465 e. The first kappa shape index (κ1) is 17.6. The van der Waals surface area contributed by atoms with Crippen LogP contribution in [0.25, 0.3) is 0 Å². The van der Waals surface area contributed by atoms with Crippen molar-refractivity contribution in [1.82, 2.24) is 14.7 Å². The minimum atomic E-state index is -0.656. The van der Waals surface area contributed by atoms with Crippen LogP contribution in [0.2, 0.25) is 0 Å². The minimum absolute atomic E-state index is 0.0640. The third-order valence-electron chi connectivity index (χ3n) is 4.63. The molecule has 25 heavy (non-hydrogen) atoms. The number of rotatable bonds is 6. The van der Waals surface area contributed by atoms with Gasteiger partial charge in [0.1, 0.15) is 23.9 Å². The van der Waals surface area contributed by atoms with Gasteiger partial charge in [-0.3, -0.25) is 19.7 Å². The molecular weight excluding hydrogens is 324 g/mol. The van der Waals surface area contributed by atoms with Crippen molar-refractivity contribution >= 4 is 5.69 Å². The molecule has 1 aliphatic heterocycles. The highest BCUT2D eigenvalue weighted by molar-refractivity contribution is 5.20. The molecule has 0 bridgehead atoms. The van der Waals surface area contributed by atoms with Gasteiger partial charge in [0.05, 0.1) is 23.6 Å². The summed E-state index contributed by atoms with van der Waals surface area (Å²) in [6.07, 6.45) is 6.31. The summed E-state index contributed by atoms with van der Waals surface area (Å²) in [5, 5.41) is 25.1. The first-order chi connectivity index (χ1) is 12.0. The molecule has 0 amide bonds. The predicted octanol–water partition coefficient (Wildman–Crippen LogP) is 2.67. The van der Waals surface area contributed by atoms with Crippen molar-refractivity contribution in [2.45, 2.75) is 51.3 Å². The Hall–Kier alpha value is -2.19. The van der Waals surface area contributed by atoms with E-state index >= 15 is 0 Å². The molecule has 1 N–H and O–H groups in total. The number of nitro groups is 1. The molecule has 0 aromatic carbocycles. The quantitative estimate of drug-likeness (QED) is 0.637. The van der Waals surface area contributed by atoms with E-state index in [2.05, 4.69) is 10.00 Å². The lowest BCUT2D eigenvalue weighted by Crippen LogP contribution is -2.37. The molecule has 8 nitrogen and oxygen atoms in total. The smallest absolute Gasteiger partial charge is 0.306 e. The topological polar surface area (TPSA) is 97.6 Å². The molecule has 0 unspecified atom stereocenters. The van der Waals surface area contributed by atoms with Gasteiger partial charge in [-0.2, -0.15) is 5.10 Å². The molecule has 0 spiro atoms. The molecule has 136 valence electrons. The van der Waals surface area contributed by atoms with Crippen molar-refractivity contribution < 1.29 is 14.4 Å². The van der Waals surface area contributed by atoms with Crippen LogP contribution >= 0.6 is 0 Å². The van der Waals surface area contributed by atoms with Gasteiger partial charge in [-0.05, 0) is 38.4 Å². The molecule has 0 aliphatic carbocycles. The van der Waals surface area contributed by atoms with Crippen molar-refractivity contribution in [1.29, 1.82) is 0 Å². The van der Waals surface area contributed by atoms with Crippen LogP contribution in [0.15, 0.2) is 28.9 Å². The second-order valence-electron chi connectivity index (χ2n) is 6.64. The fourth-order valence-corrected chi connectivity index (χ4v) is 3.43. The zero-order chi connectivity index (χ0) is 17.8. The van der Waals surface area contributed by atoms with Crippen molar-refractivity contribution in [3.63, 3.8) is 0 Å². The number of aromatic nitrogens is 2. The summed E-state index contributed by atoms with van der Waals surface area (Å²) in [6.45, 7) is 3.55. The van der Waals surface area contributed by atoms with Gasteiger partial charge < -0.3 is 9.52 Å². The minimum Gasteiger partial charge on any atom is -0.465 e. The molecule has 1 fully saturated rings. The van der Waals surface area contributed by atoms with Gasteiger partial charge >= 0.3 is 5.69 Å². The van der Waals surface area contributed by atoms with Crippen LogP contribution < -0.4 is 0 Å². The van der Waals surface area contributed by atoms with E-state index in [1.165, 1.54) is 23.5 Å². The number of aryl methyl sites for hydroxylation is 1. The number of aliphatic hydroxyl groups excluding tert-OH is 1. The Morgan fingerprint density at radius 3 is 2.92 bits per heavy atom. The number of hydrogen-bond donors (Lipinski definition) is 1. The van der Waals surface area contributed by atoms with E-state index in [0.29, 0.717) is 6.54 Å². The van der Waals surface area contributed by atoms with E-state index in [1.807, 2.05) is 19.1 Å². The van der Waals surface area contributed by atoms with Crippen LogP contribution in [0.5, 0.6) is 0 Å². The van der Waals surface area contributed by atoms with Crippen LogP contribution in [0.3, 0.4) is 0 Å². The van der Waals surface area contributed by atoms with Crippen LogP contribution in [0.4, 0.5) is 5.69 Å². The molecule has 3 rings (SSSR count). The average Bonchev–Trinajstić information content (AvgIpc) is 3.13. The normalized spacial score (nSPS) is 20.3. The number of nitrogens with zero attached hydrogens (tertiary/aromatic N) is 4. The molecule has 2 atom stereocenters. The summed E-state index contributed by atoms with van der Waals surface area (Å²) < 4.78 is 7.25. The van der Waals surface area contributed by atoms with Gasteiger partial charge in [-0.1, -0.05) is 12.8 Å². The van der Waals surface area contributed by atoms with E-state index < -0.39 is 11.0 Å². The summed E-state index contributed by atoms with van der Waals surface area (Å²) >= 11 is 0. The Morgan fingerprint density at radius 1 is 1.40 bits per heavy atom. The maximum atomic E-state index is 10.7. The summed E-state index contributed by atoms with van der Waals surface area (Å²) in [5.41, 5.74) is -0.0640. The van der Waals surface area contributed by atoms with Crippen LogP contribution in [-0.2, 0) is 6.54 Å². The maximum Gasteiger partial charge on any atom is 0.306 e. The van der Waals surface area contributed by atoms with Gasteiger partial charge in [0, 0.05) is 6.54 Å². The average molecular weight is 348 g/mol. The third kappa shape index (κ3) is 4.46. The first-order valence-electron chi connectivity index (χ1n) is 8.68. The zero-order valence-electron chi connectivity index (χ0n) is 14.4. The van der Waals surface area contributed by atoms with Gasteiger partial charge in [0.15, 0.2) is 0 Å². The Bertz CT molecular complexity index is 711. The van der Waals surface area contributed by atoms with E-state index in [1.54, 1.807) is 0 Å². The van der Waals surface area contributed by atoms with Crippen LogP contribution in [0.1, 0.15) is 43.2 Å². The second-order valence-corrected chi connectivity index (χ2v) is 6.64. The number of β-amino-alcohol motifs (C(OH)–C–C–N with tert-alkyl or cyclic N) is 1. The zero-order valence-corrected chi connectivity index (χ0v) is 14.4. The second kappa shape index (κ2) is 7.79. The SMILES string of the molecule is Cc1ccc([C@@H]2CCCCCN2C[C@@H](O)Cn2cc([N+](=O)[O-])cn2)o1. The standard InChI is InChI=1S/C17H24N4O4/c1-13-6-7-17(25-13)16-5-3-2-4-8-19(16)11-15(22)12-20-10-14(9-18-20)21(23)24/h6-7,9-10,15-16,22H,2-5,8,11-12H2,1H3/t15-,16+/m1/s1. The van der Waals surface area contributed by atoms with E-state index in [-0.39, 0.29) is 18.3 Å². The molecule has 2 aromatic rings. The fourth-order valence-electron chi connectivity index (χ4n) is 3.43. The highest BCUT2D eigenvalue weighted by Crippen LogP contribution is 2.31. The van der Waals surface area contributed by atoms with Crippen molar-refractivity contribution in [3.8, 4) is 0 Å². The monoisotopic (exact) mass is 348 g/mol. The van der Waals surface area contributed by atoms with Crippen LogP contribution in [-0.4, -0.2) is 43.9 Å². The maximum absolute atomic E-state index is 10.7. The molecule has 2 aromatic heterocycles. The Labute approximate surface area is 146 Å². The van der Waals surface area contributed by atoms with Crippen molar-refractivity contribution in [3.05, 3.63) is 46.2 Å². The van der Waals surface area contributed by atoms with E-state index in [0.717, 1.165) is 37.3 Å². The summed E-state index contributed by atoms with van der Waals surface area (Å²) in [6, 6.07) is 4.15. The Balaban J connectivity index is 1.65. The highest BCUT2D eigenvalue weighted by Gasteiger charge is 2.27. The Kier molecular flexibility index (Phi) is 5.50. The molecular formula is C17H24N4O4. The number of furan rings is 1. The van der Waals surface area contributed by atoms with E-state index in [4.69, 9.17) is 4.42 Å². The number of aliphatic hydroxyl groups is 1. The van der Waals surface area contributed by atoms with Gasteiger partial charge in [-0.15, -0.1) is 0 Å². The lowest BCUT2D eigenvalue weighted by atomic mass is 10.1. The van der Waals surface area contributed by atoms with Gasteiger partial charge in [-0.25, -0.2) is 0 Å². The molecule has 0 radical (unpaired) electrons. The summed E-state index contributed by atoms with van der Waals surface area (Å²) in [7, 11) is 0. The molecule has 0 saturated carbocycles. The molecule has 1 aliphatic rings. The first-order valence-corrected chi connectivity index (χ1v) is 8.68.